The van der Waals surface area contributed by atoms with Gasteiger partial charge < -0.3 is 35.2 Å². The number of ether oxygens (including phenoxy) is 1. The highest BCUT2D eigenvalue weighted by Gasteiger charge is 2.59. The highest BCUT2D eigenvalue weighted by Crippen LogP contribution is 2.66. The van der Waals surface area contributed by atoms with Crippen LogP contribution in [0.25, 0.3) is 0 Å². The molecule has 6 atom stereocenters. The van der Waals surface area contributed by atoms with Crippen LogP contribution in [0.4, 0.5) is 10.2 Å². The lowest BCUT2D eigenvalue weighted by molar-refractivity contribution is -0.0543. The van der Waals surface area contributed by atoms with Gasteiger partial charge in [0.2, 0.25) is 5.67 Å². The number of nitrogens with two attached hydrogens (primary N) is 1. The lowest BCUT2D eigenvalue weighted by atomic mass is 9.97. The van der Waals surface area contributed by atoms with Crippen molar-refractivity contribution >= 4 is 40.9 Å². The summed E-state index contributed by atoms with van der Waals surface area (Å²) in [5.41, 5.74) is 1.28. The van der Waals surface area contributed by atoms with Gasteiger partial charge in [-0.05, 0) is 30.5 Å². The molecule has 2 heterocycles. The van der Waals surface area contributed by atoms with Crippen molar-refractivity contribution in [2.45, 2.75) is 31.0 Å². The maximum atomic E-state index is 15.6. The van der Waals surface area contributed by atoms with Crippen molar-refractivity contribution in [1.29, 1.82) is 0 Å². The number of phosphoric ester groups is 1. The van der Waals surface area contributed by atoms with Crippen LogP contribution in [0.2, 0.25) is 0 Å². The molecule has 33 heavy (non-hydrogen) atoms. The molecule has 1 aliphatic heterocycles. The highest BCUT2D eigenvalue weighted by molar-refractivity contribution is 7.66. The fraction of sp³-hybridized carbons (Fsp3) is 0.500. The molecule has 1 aliphatic rings. The lowest BCUT2D eigenvalue weighted by Crippen LogP contribution is -2.45. The highest BCUT2D eigenvalue weighted by atomic mass is 35.5. The molecule has 0 spiro atoms. The number of hydrogen-bond donors (Lipinski definition) is 6. The summed E-state index contributed by atoms with van der Waals surface area (Å²) in [4.78, 5) is 51.3. The Kier molecular flexibility index (Phi) is 8.33. The average molecular weight is 558 g/mol. The molecule has 7 N–H and O–H groups in total. The molecule has 1 fully saturated rings. The number of aryl methyl sites for hydroxylation is 1. The van der Waals surface area contributed by atoms with Crippen molar-refractivity contribution < 1.29 is 60.6 Å². The second-order valence-electron chi connectivity index (χ2n) is 6.32. The molecule has 1 saturated heterocycles. The summed E-state index contributed by atoms with van der Waals surface area (Å²) < 4.78 is 66.7. The summed E-state index contributed by atoms with van der Waals surface area (Å²) in [5.74, 6) is 1.62. The van der Waals surface area contributed by atoms with E-state index in [0.29, 0.717) is 4.57 Å². The molecule has 0 saturated carbocycles. The topological polar surface area (TPSA) is 250 Å². The van der Waals surface area contributed by atoms with Crippen molar-refractivity contribution in [3.05, 3.63) is 22.2 Å². The number of alkyl halides is 1. The summed E-state index contributed by atoms with van der Waals surface area (Å²) in [6.07, 6.45) is -6.13. The third-order valence-corrected chi connectivity index (χ3v) is 7.80. The largest absolute Gasteiger partial charge is 0.490 e. The monoisotopic (exact) mass is 557 g/mol. The van der Waals surface area contributed by atoms with E-state index in [1.807, 2.05) is 5.92 Å². The third kappa shape index (κ3) is 6.91. The maximum absolute atomic E-state index is 15.6. The predicted molar refractivity (Wildman–Crippen MR) is 105 cm³/mol. The first-order chi connectivity index (χ1) is 14.9. The van der Waals surface area contributed by atoms with E-state index in [0.717, 1.165) is 0 Å². The zero-order valence-electron chi connectivity index (χ0n) is 16.1. The van der Waals surface area contributed by atoms with Gasteiger partial charge in [-0.3, -0.25) is 9.09 Å². The number of aliphatic hydroxyl groups excluding tert-OH is 1. The summed E-state index contributed by atoms with van der Waals surface area (Å²) in [7, 11) is -17.0. The zero-order chi connectivity index (χ0) is 25.4. The summed E-state index contributed by atoms with van der Waals surface area (Å²) in [5, 5.41) is 12.0. The Morgan fingerprint density at radius 3 is 2.42 bits per heavy atom. The lowest BCUT2D eigenvalue weighted by Gasteiger charge is -2.25. The first-order valence-corrected chi connectivity index (χ1v) is 13.1. The Morgan fingerprint density at radius 1 is 1.30 bits per heavy atom. The van der Waals surface area contributed by atoms with Crippen LogP contribution in [-0.2, 0) is 31.6 Å². The van der Waals surface area contributed by atoms with Crippen LogP contribution in [0.15, 0.2) is 10.9 Å². The van der Waals surface area contributed by atoms with Gasteiger partial charge in [0.15, 0.2) is 6.23 Å². The number of halogens is 2. The molecule has 16 nitrogen and oxygen atoms in total. The van der Waals surface area contributed by atoms with E-state index < -0.39 is 59.9 Å². The summed E-state index contributed by atoms with van der Waals surface area (Å²) in [6.45, 7) is 0.107. The Balaban J connectivity index is 2.28. The van der Waals surface area contributed by atoms with Crippen molar-refractivity contribution in [3.63, 3.8) is 0 Å². The van der Waals surface area contributed by atoms with Crippen LogP contribution >= 0.6 is 35.1 Å². The van der Waals surface area contributed by atoms with E-state index in [-0.39, 0.29) is 11.5 Å². The molecular weight excluding hydrogens is 542 g/mol. The van der Waals surface area contributed by atoms with Crippen molar-refractivity contribution in [1.82, 2.24) is 9.55 Å². The molecule has 0 amide bonds. The van der Waals surface area contributed by atoms with E-state index in [1.54, 1.807) is 5.38 Å². The Labute approximate surface area is 188 Å². The normalized spacial score (nSPS) is 29.0. The molecule has 0 bridgehead atoms. The molecule has 1 aromatic heterocycles. The standard InChI is InChI=1S/C12H16ClFN3O13P3/c1-6-4-8(15)16-11(19)17(6)10-12(14,2-3-13)9(18)7(28-10)5-27-32(23,24)30-33(25,26)29-31(20,21)22/h4,7,9-10,18H,5H2,1H3,(H,23,24)(H,25,26)(H2,15,16,19)(H2,20,21,22)/t7-,9+,10-,12?/m1/s1. The van der Waals surface area contributed by atoms with Crippen molar-refractivity contribution in [3.8, 4) is 11.3 Å². The average Bonchev–Trinajstić information content (AvgIpc) is 2.81. The molecule has 21 heteroatoms. The van der Waals surface area contributed by atoms with Crippen LogP contribution in [-0.4, -0.2) is 58.7 Å². The molecule has 0 aliphatic carbocycles. The van der Waals surface area contributed by atoms with E-state index in [2.05, 4.69) is 18.1 Å². The number of rotatable bonds is 8. The molecule has 186 valence electrons. The van der Waals surface area contributed by atoms with Crippen molar-refractivity contribution in [2.24, 2.45) is 0 Å². The number of phosphoric acid groups is 3. The van der Waals surface area contributed by atoms with E-state index in [4.69, 9.17) is 36.8 Å². The van der Waals surface area contributed by atoms with Gasteiger partial charge in [-0.1, -0.05) is 0 Å². The van der Waals surface area contributed by atoms with Gasteiger partial charge >= 0.3 is 29.2 Å². The zero-order valence-corrected chi connectivity index (χ0v) is 19.5. The first kappa shape index (κ1) is 28.0. The predicted octanol–water partition coefficient (Wildman–Crippen LogP) is -0.356. The first-order valence-electron chi connectivity index (χ1n) is 8.20. The van der Waals surface area contributed by atoms with Gasteiger partial charge in [0.05, 0.1) is 6.61 Å². The maximum Gasteiger partial charge on any atom is 0.490 e. The van der Waals surface area contributed by atoms with Crippen LogP contribution in [0.5, 0.6) is 0 Å². The Morgan fingerprint density at radius 2 is 1.91 bits per heavy atom. The van der Waals surface area contributed by atoms with Crippen LogP contribution < -0.4 is 11.4 Å². The van der Waals surface area contributed by atoms with Gasteiger partial charge in [0.1, 0.15) is 18.0 Å². The quantitative estimate of drug-likeness (QED) is 0.176. The molecule has 3 unspecified atom stereocenters. The van der Waals surface area contributed by atoms with Crippen LogP contribution in [0, 0.1) is 18.2 Å². The Hall–Kier alpha value is -1.21. The van der Waals surface area contributed by atoms with Gasteiger partial charge in [0.25, 0.3) is 0 Å². The van der Waals surface area contributed by atoms with Gasteiger partial charge in [-0.25, -0.2) is 22.9 Å². The molecule has 2 rings (SSSR count). The molecule has 0 radical (unpaired) electrons. The summed E-state index contributed by atoms with van der Waals surface area (Å²) >= 11 is 5.25. The number of nitrogens with zero attached hydrogens (tertiary/aromatic N) is 2. The third-order valence-electron chi connectivity index (χ3n) is 3.90. The molecular formula is C12H16ClFN3O13P3. The number of aromatic nitrogens is 2. The van der Waals surface area contributed by atoms with Crippen molar-refractivity contribution in [2.75, 3.05) is 12.3 Å². The van der Waals surface area contributed by atoms with E-state index in [9.17, 15) is 28.5 Å². The second kappa shape index (κ2) is 9.80. The minimum Gasteiger partial charge on any atom is -0.386 e. The smallest absolute Gasteiger partial charge is 0.386 e. The minimum absolute atomic E-state index is 0.0247. The van der Waals surface area contributed by atoms with E-state index >= 15 is 4.39 Å². The Bertz CT molecular complexity index is 1180. The minimum atomic E-state index is -5.81. The summed E-state index contributed by atoms with van der Waals surface area (Å²) in [6, 6.07) is 1.17. The number of hydrogen-bond acceptors (Lipinski definition) is 11. The van der Waals surface area contributed by atoms with Gasteiger partial charge in [-0.2, -0.15) is 13.6 Å². The SMILES string of the molecule is Cc1cc(N)nc(=O)n1[C@@H]1O[C@H](COP(=O)(O)OP(=O)(O)OP(=O)(O)O)[C@H](O)C1(F)C#CCl. The number of aliphatic hydroxyl groups is 1. The fourth-order valence-electron chi connectivity index (χ4n) is 2.73. The molecule has 0 aromatic carbocycles. The second-order valence-corrected chi connectivity index (χ2v) is 10.9. The van der Waals surface area contributed by atoms with Crippen LogP contribution in [0.1, 0.15) is 11.9 Å². The number of nitrogen functional groups attached to an aromatic ring is 1. The fourth-order valence-corrected chi connectivity index (χ4v) is 5.90. The van der Waals surface area contributed by atoms with Crippen LogP contribution in [0.3, 0.4) is 0 Å². The van der Waals surface area contributed by atoms with Gasteiger partial charge in [-0.15, -0.1) is 0 Å². The molecule has 1 aromatic rings. The number of anilines is 1. The van der Waals surface area contributed by atoms with E-state index in [1.165, 1.54) is 13.0 Å². The van der Waals surface area contributed by atoms with Gasteiger partial charge in [0, 0.05) is 11.1 Å².